The molecule has 0 atom stereocenters. The Balaban J connectivity index is 1.15. The summed E-state index contributed by atoms with van der Waals surface area (Å²) in [4.78, 5) is 4.74. The van der Waals surface area contributed by atoms with E-state index < -0.39 is 18.5 Å². The van der Waals surface area contributed by atoms with Gasteiger partial charge in [-0.1, -0.05) is 267 Å². The topological polar surface area (TPSA) is 16.3 Å². The summed E-state index contributed by atoms with van der Waals surface area (Å²) in [5, 5.41) is 2.28. The number of benzene rings is 11. The second-order valence-corrected chi connectivity index (χ2v) is 35.6. The van der Waals surface area contributed by atoms with Crippen LogP contribution in [-0.4, -0.2) is 15.8 Å². The first-order valence-electron chi connectivity index (χ1n) is 40.8. The molecule has 0 radical (unpaired) electrons. The minimum Gasteiger partial charge on any atom is -0.311 e. The maximum atomic E-state index is 10.7. The van der Waals surface area contributed by atoms with Crippen molar-refractivity contribution in [3.63, 3.8) is 0 Å². The van der Waals surface area contributed by atoms with Crippen molar-refractivity contribution in [3.8, 4) is 33.6 Å². The standard InChI is InChI=1S/C95H101BN4/c1-89(2,3)58-59-48-86-88-87(49-59)100(81-45-37-65(93(13,14)15)53-73(81)61-29-27-31-63(51-61)91(7,8)9)85-57-69(98-79-35-25-23-33-71(79)75-55-67(95(19,20)21)39-47-83(75)98)41-43-77(85)96(88)76-42-40-68(97-78-34-24-22-32-70(78)74-54-66(94(16,17)18)38-46-82(74)97)56-84(76)99(86)80-44-36-64(92(10,11)12)52-72(80)60-28-26-30-62(50-60)90(4,5)6/h22-57H,58H2,1-21H3/i22D,23D,24D,25D,32D,33D,34D,35D,58D2. The zero-order chi connectivity index (χ0) is 79.6. The third-order valence-electron chi connectivity index (χ3n) is 20.9. The number of para-hydroxylation sites is 2. The molecule has 4 heterocycles. The normalized spacial score (nSPS) is 15.4. The molecule has 0 unspecified atom stereocenters. The molecule has 0 saturated carbocycles. The highest BCUT2D eigenvalue weighted by Crippen LogP contribution is 2.52. The molecule has 0 amide bonds. The molecule has 0 saturated heterocycles. The molecular weight excluding hydrogens is 1210 g/mol. The van der Waals surface area contributed by atoms with Gasteiger partial charge < -0.3 is 18.9 Å². The molecule has 4 nitrogen and oxygen atoms in total. The Labute approximate surface area is 610 Å². The fraction of sp³-hybridized carbons (Fsp3) is 0.305. The van der Waals surface area contributed by atoms with Crippen LogP contribution in [0.25, 0.3) is 77.2 Å². The minimum atomic E-state index is -1.99. The van der Waals surface area contributed by atoms with Gasteiger partial charge in [0.15, 0.2) is 0 Å². The molecule has 5 heteroatoms. The van der Waals surface area contributed by atoms with Crippen molar-refractivity contribution in [1.82, 2.24) is 9.13 Å². The van der Waals surface area contributed by atoms with Gasteiger partial charge in [-0.3, -0.25) is 0 Å². The molecule has 11 aromatic carbocycles. The van der Waals surface area contributed by atoms with E-state index in [9.17, 15) is 11.0 Å². The van der Waals surface area contributed by atoms with E-state index in [1.165, 1.54) is 0 Å². The van der Waals surface area contributed by atoms with Gasteiger partial charge in [0.2, 0.25) is 0 Å². The number of aromatic nitrogens is 2. The van der Waals surface area contributed by atoms with Crippen LogP contribution in [-0.2, 0) is 38.9 Å². The van der Waals surface area contributed by atoms with Gasteiger partial charge in [-0.05, 0) is 208 Å². The Morgan fingerprint density at radius 2 is 0.680 bits per heavy atom. The molecule has 2 aliphatic heterocycles. The van der Waals surface area contributed by atoms with E-state index in [1.807, 2.05) is 29.9 Å². The minimum absolute atomic E-state index is 0.115. The highest BCUT2D eigenvalue weighted by Gasteiger charge is 2.46. The summed E-state index contributed by atoms with van der Waals surface area (Å²) in [5.74, 6) is 0. The van der Waals surface area contributed by atoms with Crippen molar-refractivity contribution in [2.24, 2.45) is 5.41 Å². The fourth-order valence-corrected chi connectivity index (χ4v) is 15.3. The molecular formula is C95H101BN4. The number of nitrogens with zero attached hydrogens (tertiary/aromatic N) is 4. The lowest BCUT2D eigenvalue weighted by Crippen LogP contribution is -2.61. The predicted octanol–water partition coefficient (Wildman–Crippen LogP) is 24.7. The molecule has 15 rings (SSSR count). The SMILES string of the molecule is [2H]c1c([2H])c([2H])c2c(c1[2H])c1cc(C(C)(C)C)ccc1n2-c1ccc2c(c1)N(c1ccc(C(C)(C)C)cc1-c1cccc(C(C)(C)C)c1)c1cc(C([2H])([2H])C(C)(C)C)cc3c1B2c1ccc(-n2c4ccc(C(C)(C)C)cc4c4c([2H])c([2H])c([2H])c([2H])c42)cc1N3c1ccc(C(C)(C)C)cc1-c1cccc(C(C)(C)C)c1. The summed E-state index contributed by atoms with van der Waals surface area (Å²) in [6, 6.07) is 59.3. The Hall–Kier alpha value is -9.32. The van der Waals surface area contributed by atoms with Crippen LogP contribution in [0.1, 0.15) is 198 Å². The maximum Gasteiger partial charge on any atom is 0.252 e. The van der Waals surface area contributed by atoms with Crippen LogP contribution in [0.3, 0.4) is 0 Å². The highest BCUT2D eigenvalue weighted by atomic mass is 15.2. The monoisotopic (exact) mass is 1320 g/mol. The summed E-state index contributed by atoms with van der Waals surface area (Å²) >= 11 is 0. The van der Waals surface area contributed by atoms with Gasteiger partial charge in [-0.15, -0.1) is 0 Å². The summed E-state index contributed by atoms with van der Waals surface area (Å²) in [5.41, 5.74) is 19.5. The Bertz CT molecular complexity index is 5710. The van der Waals surface area contributed by atoms with Gasteiger partial charge in [0.05, 0.1) is 44.4 Å². The highest BCUT2D eigenvalue weighted by molar-refractivity contribution is 7.00. The van der Waals surface area contributed by atoms with Crippen LogP contribution >= 0.6 is 0 Å². The Morgan fingerprint density at radius 3 is 1.06 bits per heavy atom. The van der Waals surface area contributed by atoms with E-state index in [2.05, 4.69) is 304 Å². The van der Waals surface area contributed by atoms with Crippen LogP contribution in [0.15, 0.2) is 218 Å². The largest absolute Gasteiger partial charge is 0.311 e. The zero-order valence-electron chi connectivity index (χ0n) is 72.5. The third kappa shape index (κ3) is 11.5. The molecule has 2 aromatic heterocycles. The van der Waals surface area contributed by atoms with Crippen LogP contribution in [0.5, 0.6) is 0 Å². The van der Waals surface area contributed by atoms with Crippen molar-refractivity contribution in [2.45, 2.75) is 184 Å². The molecule has 2 aliphatic rings. The first-order valence-corrected chi connectivity index (χ1v) is 35.8. The number of hydrogen-bond acceptors (Lipinski definition) is 2. The van der Waals surface area contributed by atoms with Gasteiger partial charge in [0.1, 0.15) is 0 Å². The van der Waals surface area contributed by atoms with E-state index in [0.717, 1.165) is 117 Å². The van der Waals surface area contributed by atoms with Gasteiger partial charge in [0.25, 0.3) is 6.71 Å². The van der Waals surface area contributed by atoms with E-state index in [-0.39, 0.29) is 80.8 Å². The molecule has 504 valence electrons. The van der Waals surface area contributed by atoms with E-state index in [1.54, 1.807) is 0 Å². The van der Waals surface area contributed by atoms with Gasteiger partial charge >= 0.3 is 0 Å². The molecule has 100 heavy (non-hydrogen) atoms. The maximum absolute atomic E-state index is 10.7. The molecule has 0 N–H and O–H groups in total. The second kappa shape index (κ2) is 23.1. The van der Waals surface area contributed by atoms with Crippen molar-refractivity contribution in [2.75, 3.05) is 9.80 Å². The van der Waals surface area contributed by atoms with Crippen LogP contribution in [0.4, 0.5) is 34.1 Å². The lowest BCUT2D eigenvalue weighted by Gasteiger charge is -2.45. The lowest BCUT2D eigenvalue weighted by atomic mass is 9.33. The number of rotatable bonds is 7. The Kier molecular flexibility index (Phi) is 12.8. The smallest absolute Gasteiger partial charge is 0.252 e. The van der Waals surface area contributed by atoms with Crippen LogP contribution in [0.2, 0.25) is 0 Å². The molecule has 0 aliphatic carbocycles. The van der Waals surface area contributed by atoms with Crippen LogP contribution < -0.4 is 26.2 Å². The van der Waals surface area contributed by atoms with Crippen molar-refractivity contribution in [1.29, 1.82) is 0 Å². The zero-order valence-corrected chi connectivity index (χ0v) is 62.5. The van der Waals surface area contributed by atoms with Gasteiger partial charge in [-0.2, -0.15) is 0 Å². The van der Waals surface area contributed by atoms with Crippen LogP contribution in [0, 0.1) is 5.41 Å². The van der Waals surface area contributed by atoms with Crippen molar-refractivity contribution in [3.05, 3.63) is 257 Å². The number of fused-ring (bicyclic) bond motifs is 10. The van der Waals surface area contributed by atoms with Gasteiger partial charge in [-0.25, -0.2) is 0 Å². The molecule has 0 spiro atoms. The number of hydrogen-bond donors (Lipinski definition) is 0. The fourth-order valence-electron chi connectivity index (χ4n) is 15.3. The van der Waals surface area contributed by atoms with Gasteiger partial charge in [0, 0.05) is 69.5 Å². The molecule has 0 bridgehead atoms. The quantitative estimate of drug-likeness (QED) is 0.148. The second-order valence-electron chi connectivity index (χ2n) is 35.6. The van der Waals surface area contributed by atoms with Crippen molar-refractivity contribution >= 4 is 101 Å². The summed E-state index contributed by atoms with van der Waals surface area (Å²) in [6.07, 6.45) is -1.99. The average Bonchev–Trinajstić information content (AvgIpc) is 0.932. The lowest BCUT2D eigenvalue weighted by molar-refractivity contribution is 0.411. The Morgan fingerprint density at radius 1 is 0.320 bits per heavy atom. The third-order valence-corrected chi connectivity index (χ3v) is 20.9. The van der Waals surface area contributed by atoms with E-state index >= 15 is 0 Å². The molecule has 0 fully saturated rings. The van der Waals surface area contributed by atoms with E-state index in [4.69, 9.17) is 2.74 Å². The van der Waals surface area contributed by atoms with E-state index in [0.29, 0.717) is 49.5 Å². The van der Waals surface area contributed by atoms with Crippen molar-refractivity contribution < 1.29 is 13.7 Å². The summed E-state index contributed by atoms with van der Waals surface area (Å²) < 4.78 is 102. The molecule has 13 aromatic rings. The summed E-state index contributed by atoms with van der Waals surface area (Å²) in [7, 11) is 0. The first kappa shape index (κ1) is 55.5. The first-order chi connectivity index (χ1) is 51.1. The summed E-state index contributed by atoms with van der Waals surface area (Å²) in [6.45, 7) is 45.1. The average molecular weight is 1320 g/mol. The number of anilines is 6. The predicted molar refractivity (Wildman–Crippen MR) is 435 cm³/mol.